The topological polar surface area (TPSA) is 94.5 Å². The highest BCUT2D eigenvalue weighted by Gasteiger charge is 2.12. The Morgan fingerprint density at radius 2 is 1.86 bits per heavy atom. The standard InChI is InChI=1S/C14H14ClN3O3S/c1-10-2-5-12(6-3-10)22(20,21)17-14-7-4-11(15)8-18(14)9-13(16)19/h2-8H,9H2,1H3,(H2,16,19)/b17-14+. The van der Waals surface area contributed by atoms with Crippen molar-refractivity contribution in [1.29, 1.82) is 0 Å². The third-order valence-corrected chi connectivity index (χ3v) is 4.34. The van der Waals surface area contributed by atoms with Gasteiger partial charge in [-0.3, -0.25) is 4.79 Å². The lowest BCUT2D eigenvalue weighted by Gasteiger charge is -2.06. The second kappa shape index (κ2) is 6.33. The first-order chi connectivity index (χ1) is 10.3. The quantitative estimate of drug-likeness (QED) is 0.907. The van der Waals surface area contributed by atoms with Gasteiger partial charge in [-0.2, -0.15) is 8.42 Å². The Morgan fingerprint density at radius 3 is 2.45 bits per heavy atom. The molecule has 0 bridgehead atoms. The zero-order chi connectivity index (χ0) is 16.3. The average molecular weight is 340 g/mol. The molecule has 0 aliphatic rings. The summed E-state index contributed by atoms with van der Waals surface area (Å²) < 4.78 is 29.7. The van der Waals surface area contributed by atoms with E-state index in [4.69, 9.17) is 17.3 Å². The van der Waals surface area contributed by atoms with Crippen LogP contribution in [-0.4, -0.2) is 18.9 Å². The molecule has 0 saturated carbocycles. The second-order valence-electron chi connectivity index (χ2n) is 4.68. The molecule has 1 heterocycles. The van der Waals surface area contributed by atoms with E-state index in [0.29, 0.717) is 5.02 Å². The number of benzene rings is 1. The normalized spacial score (nSPS) is 12.4. The molecule has 0 fully saturated rings. The molecule has 0 saturated heterocycles. The van der Waals surface area contributed by atoms with Gasteiger partial charge in [0.15, 0.2) is 0 Å². The Bertz CT molecular complexity index is 871. The Hall–Kier alpha value is -2.12. The molecule has 1 aromatic carbocycles. The predicted octanol–water partition coefficient (Wildman–Crippen LogP) is 1.22. The maximum Gasteiger partial charge on any atom is 0.284 e. The summed E-state index contributed by atoms with van der Waals surface area (Å²) in [6.45, 7) is 1.64. The Balaban J connectivity index is 2.56. The van der Waals surface area contributed by atoms with Crippen LogP contribution in [-0.2, 0) is 21.4 Å². The monoisotopic (exact) mass is 339 g/mol. The molecular weight excluding hydrogens is 326 g/mol. The van der Waals surface area contributed by atoms with Gasteiger partial charge in [0, 0.05) is 6.20 Å². The summed E-state index contributed by atoms with van der Waals surface area (Å²) in [5.41, 5.74) is 6.15. The first-order valence-corrected chi connectivity index (χ1v) is 8.12. The summed E-state index contributed by atoms with van der Waals surface area (Å²) in [6.07, 6.45) is 1.40. The summed E-state index contributed by atoms with van der Waals surface area (Å²) in [4.78, 5) is 11.1. The molecule has 2 aromatic rings. The summed E-state index contributed by atoms with van der Waals surface area (Å²) in [7, 11) is -3.89. The number of carbonyl (C=O) groups is 1. The largest absolute Gasteiger partial charge is 0.368 e. The number of primary amides is 1. The number of sulfonamides is 1. The highest BCUT2D eigenvalue weighted by atomic mass is 35.5. The van der Waals surface area contributed by atoms with Gasteiger partial charge in [0.1, 0.15) is 12.0 Å². The van der Waals surface area contributed by atoms with E-state index in [1.54, 1.807) is 12.1 Å². The number of nitrogens with two attached hydrogens (primary N) is 1. The van der Waals surface area contributed by atoms with E-state index in [9.17, 15) is 13.2 Å². The summed E-state index contributed by atoms with van der Waals surface area (Å²) in [6, 6.07) is 9.22. The molecule has 6 nitrogen and oxygen atoms in total. The van der Waals surface area contributed by atoms with Crippen molar-refractivity contribution in [1.82, 2.24) is 4.57 Å². The summed E-state index contributed by atoms with van der Waals surface area (Å²) in [5.74, 6) is -0.628. The van der Waals surface area contributed by atoms with E-state index in [-0.39, 0.29) is 16.9 Å². The molecule has 0 radical (unpaired) electrons. The minimum absolute atomic E-state index is 0.0682. The van der Waals surface area contributed by atoms with E-state index in [1.807, 2.05) is 6.92 Å². The van der Waals surface area contributed by atoms with Crippen molar-refractivity contribution in [2.45, 2.75) is 18.4 Å². The molecule has 8 heteroatoms. The van der Waals surface area contributed by atoms with Gasteiger partial charge in [-0.1, -0.05) is 29.3 Å². The average Bonchev–Trinajstić information content (AvgIpc) is 2.41. The van der Waals surface area contributed by atoms with Crippen LogP contribution in [0.3, 0.4) is 0 Å². The first kappa shape index (κ1) is 16.3. The molecule has 116 valence electrons. The molecular formula is C14H14ClN3O3S. The van der Waals surface area contributed by atoms with Crippen LogP contribution in [0.1, 0.15) is 5.56 Å². The van der Waals surface area contributed by atoms with Crippen LogP contribution in [0.2, 0.25) is 5.02 Å². The van der Waals surface area contributed by atoms with Crippen molar-refractivity contribution in [2.75, 3.05) is 0 Å². The van der Waals surface area contributed by atoms with Crippen LogP contribution in [0.5, 0.6) is 0 Å². The highest BCUT2D eigenvalue weighted by molar-refractivity contribution is 7.90. The number of carbonyl (C=O) groups excluding carboxylic acids is 1. The van der Waals surface area contributed by atoms with Crippen LogP contribution in [0, 0.1) is 6.92 Å². The number of hydrogen-bond acceptors (Lipinski definition) is 3. The fourth-order valence-electron chi connectivity index (χ4n) is 1.77. The van der Waals surface area contributed by atoms with E-state index in [1.165, 1.54) is 35.0 Å². The number of aromatic nitrogens is 1. The minimum atomic E-state index is -3.89. The van der Waals surface area contributed by atoms with Crippen LogP contribution in [0.4, 0.5) is 0 Å². The molecule has 2 N–H and O–H groups in total. The lowest BCUT2D eigenvalue weighted by atomic mass is 10.2. The SMILES string of the molecule is Cc1ccc(S(=O)(=O)/N=c2\ccc(Cl)cn2CC(N)=O)cc1. The van der Waals surface area contributed by atoms with Gasteiger partial charge in [0.05, 0.1) is 9.92 Å². The third-order valence-electron chi connectivity index (χ3n) is 2.82. The fourth-order valence-corrected chi connectivity index (χ4v) is 2.95. The number of aryl methyl sites for hydroxylation is 1. The Kier molecular flexibility index (Phi) is 4.68. The number of rotatable bonds is 4. The van der Waals surface area contributed by atoms with Gasteiger partial charge >= 0.3 is 0 Å². The van der Waals surface area contributed by atoms with Crippen molar-refractivity contribution in [2.24, 2.45) is 10.1 Å². The molecule has 0 unspecified atom stereocenters. The lowest BCUT2D eigenvalue weighted by Crippen LogP contribution is -2.28. The smallest absolute Gasteiger partial charge is 0.284 e. The molecule has 1 amide bonds. The molecule has 2 rings (SSSR count). The van der Waals surface area contributed by atoms with Crippen LogP contribution in [0.25, 0.3) is 0 Å². The Morgan fingerprint density at radius 1 is 1.23 bits per heavy atom. The number of hydrogen-bond donors (Lipinski definition) is 1. The van der Waals surface area contributed by atoms with Gasteiger partial charge in [-0.05, 0) is 31.2 Å². The van der Waals surface area contributed by atoms with Crippen molar-refractivity contribution in [3.63, 3.8) is 0 Å². The highest BCUT2D eigenvalue weighted by Crippen LogP contribution is 2.12. The number of amides is 1. The van der Waals surface area contributed by atoms with Crippen molar-refractivity contribution < 1.29 is 13.2 Å². The predicted molar refractivity (Wildman–Crippen MR) is 82.6 cm³/mol. The molecule has 1 aromatic heterocycles. The lowest BCUT2D eigenvalue weighted by molar-refractivity contribution is -0.118. The van der Waals surface area contributed by atoms with E-state index >= 15 is 0 Å². The van der Waals surface area contributed by atoms with Crippen molar-refractivity contribution >= 4 is 27.5 Å². The Labute approximate surface area is 132 Å². The summed E-state index contributed by atoms with van der Waals surface area (Å²) >= 11 is 5.84. The van der Waals surface area contributed by atoms with Crippen LogP contribution in [0.15, 0.2) is 51.9 Å². The zero-order valence-corrected chi connectivity index (χ0v) is 13.3. The number of halogens is 1. The second-order valence-corrected chi connectivity index (χ2v) is 6.72. The molecule has 0 spiro atoms. The minimum Gasteiger partial charge on any atom is -0.368 e. The fraction of sp³-hybridized carbons (Fsp3) is 0.143. The number of nitrogens with zero attached hydrogens (tertiary/aromatic N) is 2. The van der Waals surface area contributed by atoms with Gasteiger partial charge in [-0.25, -0.2) is 0 Å². The van der Waals surface area contributed by atoms with Crippen LogP contribution >= 0.6 is 11.6 Å². The van der Waals surface area contributed by atoms with Gasteiger partial charge < -0.3 is 10.3 Å². The van der Waals surface area contributed by atoms with E-state index in [2.05, 4.69) is 4.40 Å². The van der Waals surface area contributed by atoms with Gasteiger partial charge in [0.25, 0.3) is 10.0 Å². The zero-order valence-electron chi connectivity index (χ0n) is 11.7. The first-order valence-electron chi connectivity index (χ1n) is 6.30. The maximum absolute atomic E-state index is 12.3. The molecule has 0 aliphatic heterocycles. The van der Waals surface area contributed by atoms with E-state index in [0.717, 1.165) is 5.56 Å². The third kappa shape index (κ3) is 3.96. The van der Waals surface area contributed by atoms with E-state index < -0.39 is 15.9 Å². The summed E-state index contributed by atoms with van der Waals surface area (Å²) in [5, 5.41) is 0.341. The maximum atomic E-state index is 12.3. The number of pyridine rings is 1. The molecule has 0 atom stereocenters. The van der Waals surface area contributed by atoms with Crippen molar-refractivity contribution in [3.8, 4) is 0 Å². The molecule has 22 heavy (non-hydrogen) atoms. The molecule has 0 aliphatic carbocycles. The van der Waals surface area contributed by atoms with Crippen molar-refractivity contribution in [3.05, 3.63) is 58.7 Å². The van der Waals surface area contributed by atoms with Gasteiger partial charge in [-0.15, -0.1) is 4.40 Å². The van der Waals surface area contributed by atoms with Gasteiger partial charge in [0.2, 0.25) is 5.91 Å². The van der Waals surface area contributed by atoms with Crippen LogP contribution < -0.4 is 11.2 Å².